The van der Waals surface area contributed by atoms with Crippen LogP contribution in [-0.4, -0.2) is 12.1 Å². The molecule has 2 N–H and O–H groups in total. The van der Waals surface area contributed by atoms with Crippen LogP contribution in [0.5, 0.6) is 5.75 Å². The monoisotopic (exact) mass is 233 g/mol. The van der Waals surface area contributed by atoms with Crippen LogP contribution >= 0.6 is 0 Å². The van der Waals surface area contributed by atoms with Gasteiger partial charge < -0.3 is 10.5 Å². The fourth-order valence-corrected chi connectivity index (χ4v) is 1.19. The summed E-state index contributed by atoms with van der Waals surface area (Å²) in [6, 6.07) is 3.72. The van der Waals surface area contributed by atoms with Gasteiger partial charge in [-0.2, -0.15) is 0 Å². The first-order valence-electron chi connectivity index (χ1n) is 4.52. The maximum Gasteiger partial charge on any atom is 0.573 e. The van der Waals surface area contributed by atoms with Crippen molar-refractivity contribution in [1.82, 2.24) is 0 Å². The number of rotatable bonds is 3. The number of ketones is 1. The number of nitrogens with two attached hydrogens (primary N) is 1. The van der Waals surface area contributed by atoms with Crippen LogP contribution in [0.3, 0.4) is 0 Å². The molecule has 1 aromatic carbocycles. The van der Waals surface area contributed by atoms with Crippen LogP contribution < -0.4 is 10.5 Å². The van der Waals surface area contributed by atoms with Crippen LogP contribution in [0.25, 0.3) is 0 Å². The molecule has 0 aliphatic carbocycles. The van der Waals surface area contributed by atoms with Crippen LogP contribution in [0, 0.1) is 0 Å². The van der Waals surface area contributed by atoms with Crippen molar-refractivity contribution in [3.8, 4) is 5.75 Å². The molecule has 16 heavy (non-hydrogen) atoms. The summed E-state index contributed by atoms with van der Waals surface area (Å²) in [5.74, 6) is -0.878. The van der Waals surface area contributed by atoms with E-state index >= 15 is 0 Å². The van der Waals surface area contributed by atoms with Crippen LogP contribution in [-0.2, 0) is 0 Å². The fourth-order valence-electron chi connectivity index (χ4n) is 1.19. The van der Waals surface area contributed by atoms with E-state index in [9.17, 15) is 18.0 Å². The number of carbonyl (C=O) groups excluding carboxylic acids is 1. The molecule has 0 heterocycles. The molecule has 0 spiro atoms. The molecule has 0 atom stereocenters. The Hall–Kier alpha value is -1.72. The standard InChI is InChI=1S/C10H10F3NO2/c1-2-7(15)6-4-3-5-8(9(6)14)16-10(11,12)13/h3-5H,2,14H2,1H3. The third-order valence-corrected chi connectivity index (χ3v) is 1.91. The van der Waals surface area contributed by atoms with E-state index in [0.717, 1.165) is 6.07 Å². The Balaban J connectivity index is 3.09. The highest BCUT2D eigenvalue weighted by molar-refractivity contribution is 6.01. The van der Waals surface area contributed by atoms with Gasteiger partial charge in [-0.15, -0.1) is 13.2 Å². The Labute approximate surface area is 90.0 Å². The molecule has 1 rings (SSSR count). The van der Waals surface area contributed by atoms with Gasteiger partial charge in [0.1, 0.15) is 0 Å². The summed E-state index contributed by atoms with van der Waals surface area (Å²) in [5.41, 5.74) is 5.18. The lowest BCUT2D eigenvalue weighted by atomic mass is 10.1. The number of carbonyl (C=O) groups is 1. The summed E-state index contributed by atoms with van der Waals surface area (Å²) in [4.78, 5) is 11.3. The van der Waals surface area contributed by atoms with Gasteiger partial charge in [-0.05, 0) is 12.1 Å². The Morgan fingerprint density at radius 2 is 2.06 bits per heavy atom. The van der Waals surface area contributed by atoms with Crippen molar-refractivity contribution in [1.29, 1.82) is 0 Å². The molecular weight excluding hydrogens is 223 g/mol. The summed E-state index contributed by atoms with van der Waals surface area (Å²) < 4.78 is 39.6. The zero-order valence-corrected chi connectivity index (χ0v) is 8.47. The van der Waals surface area contributed by atoms with Gasteiger partial charge in [-0.1, -0.05) is 13.0 Å². The number of halogens is 3. The van der Waals surface area contributed by atoms with Gasteiger partial charge in [-0.25, -0.2) is 0 Å². The average molecular weight is 233 g/mol. The molecule has 0 saturated heterocycles. The molecule has 1 aromatic rings. The SMILES string of the molecule is CCC(=O)c1cccc(OC(F)(F)F)c1N. The van der Waals surface area contributed by atoms with E-state index in [-0.39, 0.29) is 23.5 Å². The molecule has 0 aromatic heterocycles. The Kier molecular flexibility index (Phi) is 3.41. The second kappa shape index (κ2) is 4.42. The number of alkyl halides is 3. The zero-order chi connectivity index (χ0) is 12.3. The van der Waals surface area contributed by atoms with E-state index in [1.54, 1.807) is 6.92 Å². The number of hydrogen-bond donors (Lipinski definition) is 1. The molecule has 0 fully saturated rings. The summed E-state index contributed by atoms with van der Waals surface area (Å²) in [5, 5.41) is 0. The highest BCUT2D eigenvalue weighted by Gasteiger charge is 2.32. The van der Waals surface area contributed by atoms with E-state index in [4.69, 9.17) is 5.73 Å². The number of para-hydroxylation sites is 1. The minimum absolute atomic E-state index is 0.0456. The van der Waals surface area contributed by atoms with Crippen molar-refractivity contribution in [3.63, 3.8) is 0 Å². The van der Waals surface area contributed by atoms with Crippen molar-refractivity contribution in [2.24, 2.45) is 0 Å². The molecule has 0 bridgehead atoms. The number of nitrogen functional groups attached to an aromatic ring is 1. The van der Waals surface area contributed by atoms with Crippen molar-refractivity contribution in [3.05, 3.63) is 23.8 Å². The lowest BCUT2D eigenvalue weighted by Crippen LogP contribution is -2.18. The molecule has 0 amide bonds. The van der Waals surface area contributed by atoms with Gasteiger partial charge >= 0.3 is 6.36 Å². The van der Waals surface area contributed by atoms with Gasteiger partial charge in [0.15, 0.2) is 11.5 Å². The fraction of sp³-hybridized carbons (Fsp3) is 0.300. The summed E-state index contributed by atoms with van der Waals surface area (Å²) in [6.45, 7) is 1.60. The normalized spacial score (nSPS) is 11.2. The van der Waals surface area contributed by atoms with Crippen LogP contribution in [0.4, 0.5) is 18.9 Å². The topological polar surface area (TPSA) is 52.3 Å². The number of anilines is 1. The lowest BCUT2D eigenvalue weighted by molar-refractivity contribution is -0.274. The minimum atomic E-state index is -4.82. The van der Waals surface area contributed by atoms with E-state index < -0.39 is 12.1 Å². The number of benzene rings is 1. The van der Waals surface area contributed by atoms with Gasteiger partial charge in [0.05, 0.1) is 5.69 Å². The number of ether oxygens (including phenoxy) is 1. The Bertz CT molecular complexity index is 402. The quantitative estimate of drug-likeness (QED) is 0.645. The lowest BCUT2D eigenvalue weighted by Gasteiger charge is -2.12. The van der Waals surface area contributed by atoms with Crippen molar-refractivity contribution >= 4 is 11.5 Å². The van der Waals surface area contributed by atoms with E-state index in [1.807, 2.05) is 0 Å². The van der Waals surface area contributed by atoms with Crippen LogP contribution in [0.1, 0.15) is 23.7 Å². The van der Waals surface area contributed by atoms with Gasteiger partial charge in [0.25, 0.3) is 0 Å². The molecule has 0 aliphatic rings. The third kappa shape index (κ3) is 2.88. The first-order valence-corrected chi connectivity index (χ1v) is 4.52. The Morgan fingerprint density at radius 1 is 1.44 bits per heavy atom. The molecule has 6 heteroatoms. The maximum atomic E-state index is 12.0. The van der Waals surface area contributed by atoms with Crippen molar-refractivity contribution in [2.45, 2.75) is 19.7 Å². The molecule has 88 valence electrons. The second-order valence-corrected chi connectivity index (χ2v) is 3.04. The second-order valence-electron chi connectivity index (χ2n) is 3.04. The predicted octanol–water partition coefficient (Wildman–Crippen LogP) is 2.76. The van der Waals surface area contributed by atoms with E-state index in [0.29, 0.717) is 0 Å². The third-order valence-electron chi connectivity index (χ3n) is 1.91. The van der Waals surface area contributed by atoms with Gasteiger partial charge in [-0.3, -0.25) is 4.79 Å². The smallest absolute Gasteiger partial charge is 0.404 e. The highest BCUT2D eigenvalue weighted by Crippen LogP contribution is 2.31. The Morgan fingerprint density at radius 3 is 2.56 bits per heavy atom. The average Bonchev–Trinajstić information content (AvgIpc) is 2.18. The summed E-state index contributed by atoms with van der Waals surface area (Å²) in [6.07, 6.45) is -4.65. The molecule has 0 unspecified atom stereocenters. The molecule has 0 aliphatic heterocycles. The molecule has 0 saturated carbocycles. The zero-order valence-electron chi connectivity index (χ0n) is 8.47. The van der Waals surface area contributed by atoms with Crippen molar-refractivity contribution < 1.29 is 22.7 Å². The van der Waals surface area contributed by atoms with Gasteiger partial charge in [0.2, 0.25) is 0 Å². The number of hydrogen-bond acceptors (Lipinski definition) is 3. The van der Waals surface area contributed by atoms with E-state index in [2.05, 4.69) is 4.74 Å². The highest BCUT2D eigenvalue weighted by atomic mass is 19.4. The predicted molar refractivity (Wildman–Crippen MR) is 52.2 cm³/mol. The van der Waals surface area contributed by atoms with Crippen LogP contribution in [0.2, 0.25) is 0 Å². The van der Waals surface area contributed by atoms with Crippen LogP contribution in [0.15, 0.2) is 18.2 Å². The molecular formula is C10H10F3NO2. The summed E-state index contributed by atoms with van der Waals surface area (Å²) >= 11 is 0. The van der Waals surface area contributed by atoms with E-state index in [1.165, 1.54) is 12.1 Å². The molecule has 3 nitrogen and oxygen atoms in total. The number of Topliss-reactive ketones (excluding diaryl/α,β-unsaturated/α-hetero) is 1. The molecule has 0 radical (unpaired) electrons. The minimum Gasteiger partial charge on any atom is -0.404 e. The first-order chi connectivity index (χ1) is 7.35. The van der Waals surface area contributed by atoms with Gasteiger partial charge in [0, 0.05) is 12.0 Å². The summed E-state index contributed by atoms with van der Waals surface area (Å²) in [7, 11) is 0. The largest absolute Gasteiger partial charge is 0.573 e. The first kappa shape index (κ1) is 12.4. The van der Waals surface area contributed by atoms with Crippen molar-refractivity contribution in [2.75, 3.05) is 5.73 Å². The maximum absolute atomic E-state index is 12.0.